The van der Waals surface area contributed by atoms with Gasteiger partial charge in [0.25, 0.3) is 0 Å². The van der Waals surface area contributed by atoms with Crippen molar-refractivity contribution in [3.05, 3.63) is 59.5 Å². The lowest BCUT2D eigenvalue weighted by Gasteiger charge is -2.22. The topological polar surface area (TPSA) is 38.1 Å². The van der Waals surface area contributed by atoms with Gasteiger partial charge in [-0.3, -0.25) is 4.98 Å². The lowest BCUT2D eigenvalue weighted by molar-refractivity contribution is 0.351. The molecule has 0 saturated heterocycles. The lowest BCUT2D eigenvalue weighted by Crippen LogP contribution is -2.23. The Morgan fingerprint density at radius 1 is 1.18 bits per heavy atom. The molecule has 0 radical (unpaired) electrons. The number of benzene rings is 1. The Labute approximate surface area is 167 Å². The molecule has 2 aromatic heterocycles. The van der Waals surface area contributed by atoms with Crippen molar-refractivity contribution in [3.8, 4) is 11.3 Å². The number of aromatic nitrogens is 1. The molecule has 1 N–H and O–H groups in total. The summed E-state index contributed by atoms with van der Waals surface area (Å²) in [6.07, 6.45) is 14.0. The van der Waals surface area contributed by atoms with Crippen LogP contribution in [0.5, 0.6) is 0 Å². The summed E-state index contributed by atoms with van der Waals surface area (Å²) in [5.41, 5.74) is 5.65. The van der Waals surface area contributed by atoms with E-state index in [-0.39, 0.29) is 0 Å². The highest BCUT2D eigenvalue weighted by atomic mass is 16.3. The van der Waals surface area contributed by atoms with E-state index in [1.165, 1.54) is 48.9 Å². The molecule has 3 nitrogen and oxygen atoms in total. The van der Waals surface area contributed by atoms with Gasteiger partial charge in [0.15, 0.2) is 0 Å². The number of allylic oxidation sites excluding steroid dienone is 1. The van der Waals surface area contributed by atoms with E-state index in [0.29, 0.717) is 0 Å². The van der Waals surface area contributed by atoms with Gasteiger partial charge in [-0.2, -0.15) is 0 Å². The number of rotatable bonds is 6. The largest absolute Gasteiger partial charge is 0.456 e. The molecule has 4 rings (SSSR count). The van der Waals surface area contributed by atoms with E-state index < -0.39 is 0 Å². The van der Waals surface area contributed by atoms with Crippen molar-refractivity contribution in [2.45, 2.75) is 52.4 Å². The number of hydrogen-bond donors (Lipinski definition) is 1. The van der Waals surface area contributed by atoms with Crippen LogP contribution in [0.1, 0.15) is 57.1 Å². The van der Waals surface area contributed by atoms with Crippen molar-refractivity contribution in [2.24, 2.45) is 5.92 Å². The molecule has 0 unspecified atom stereocenters. The Balaban J connectivity index is 1.63. The molecule has 2 heterocycles. The molecule has 3 heteroatoms. The smallest absolute Gasteiger partial charge is 0.137 e. The zero-order valence-corrected chi connectivity index (χ0v) is 17.0. The maximum absolute atomic E-state index is 6.14. The molecule has 3 aromatic rings. The summed E-state index contributed by atoms with van der Waals surface area (Å²) >= 11 is 0. The predicted octanol–water partition coefficient (Wildman–Crippen LogP) is 6.59. The zero-order valence-electron chi connectivity index (χ0n) is 17.0. The third kappa shape index (κ3) is 4.14. The van der Waals surface area contributed by atoms with Gasteiger partial charge >= 0.3 is 0 Å². The highest BCUT2D eigenvalue weighted by Crippen LogP contribution is 2.32. The third-order valence-electron chi connectivity index (χ3n) is 5.90. The van der Waals surface area contributed by atoms with Crippen LogP contribution in [0.25, 0.3) is 28.4 Å². The molecular weight excluding hydrogens is 344 g/mol. The summed E-state index contributed by atoms with van der Waals surface area (Å²) < 4.78 is 6.14. The number of aryl methyl sites for hydroxylation is 1. The van der Waals surface area contributed by atoms with Gasteiger partial charge in [0.2, 0.25) is 0 Å². The van der Waals surface area contributed by atoms with Gasteiger partial charge in [0.05, 0.1) is 0 Å². The van der Waals surface area contributed by atoms with Crippen LogP contribution in [-0.2, 0) is 6.42 Å². The van der Waals surface area contributed by atoms with Crippen LogP contribution in [-0.4, -0.2) is 11.5 Å². The minimum absolute atomic E-state index is 0.815. The average Bonchev–Trinajstić information content (AvgIpc) is 3.17. The summed E-state index contributed by atoms with van der Waals surface area (Å²) in [6, 6.07) is 10.3. The van der Waals surface area contributed by atoms with Gasteiger partial charge in [-0.1, -0.05) is 44.4 Å². The average molecular weight is 375 g/mol. The summed E-state index contributed by atoms with van der Waals surface area (Å²) in [4.78, 5) is 4.48. The molecule has 0 atom stereocenters. The van der Waals surface area contributed by atoms with Crippen molar-refractivity contribution in [1.82, 2.24) is 10.3 Å². The maximum Gasteiger partial charge on any atom is 0.137 e. The second kappa shape index (κ2) is 8.64. The fourth-order valence-corrected chi connectivity index (χ4v) is 4.24. The van der Waals surface area contributed by atoms with Crippen molar-refractivity contribution in [3.63, 3.8) is 0 Å². The monoisotopic (exact) mass is 374 g/mol. The van der Waals surface area contributed by atoms with Crippen LogP contribution < -0.4 is 5.32 Å². The number of fused-ring (bicyclic) bond motifs is 1. The molecule has 1 saturated carbocycles. The lowest BCUT2D eigenvalue weighted by atomic mass is 9.89. The molecule has 1 fully saturated rings. The Morgan fingerprint density at radius 2 is 2.00 bits per heavy atom. The number of nitrogens with one attached hydrogen (secondary N) is 1. The standard InChI is InChI=1S/C25H30N2O/c1-3-20-16-26-17-23(25-14-21-11-7-8-12-24(21)28-25)22(20)13-18(2)27-15-19-9-5-4-6-10-19/h7-8,11-14,16-17,19,27H,3-6,9-10,15H2,1-2H3/b18-13+. The molecule has 0 spiro atoms. The van der Waals surface area contributed by atoms with Gasteiger partial charge in [-0.25, -0.2) is 0 Å². The summed E-state index contributed by atoms with van der Waals surface area (Å²) in [5.74, 6) is 1.70. The van der Waals surface area contributed by atoms with Crippen LogP contribution in [0.15, 0.2) is 52.8 Å². The minimum atomic E-state index is 0.815. The number of pyridine rings is 1. The van der Waals surface area contributed by atoms with Crippen molar-refractivity contribution < 1.29 is 4.42 Å². The van der Waals surface area contributed by atoms with Gasteiger partial charge in [-0.15, -0.1) is 0 Å². The number of furan rings is 1. The van der Waals surface area contributed by atoms with E-state index in [2.05, 4.69) is 42.4 Å². The number of para-hydroxylation sites is 1. The first kappa shape index (κ1) is 18.8. The third-order valence-corrected chi connectivity index (χ3v) is 5.90. The van der Waals surface area contributed by atoms with Crippen molar-refractivity contribution in [1.29, 1.82) is 0 Å². The Kier molecular flexibility index (Phi) is 5.80. The quantitative estimate of drug-likeness (QED) is 0.529. The van der Waals surface area contributed by atoms with Crippen LogP contribution in [0.4, 0.5) is 0 Å². The van der Waals surface area contributed by atoms with Crippen molar-refractivity contribution >= 4 is 17.0 Å². The molecule has 146 valence electrons. The Morgan fingerprint density at radius 3 is 2.79 bits per heavy atom. The Hall–Kier alpha value is -2.55. The minimum Gasteiger partial charge on any atom is -0.456 e. The zero-order chi connectivity index (χ0) is 19.3. The van der Waals surface area contributed by atoms with E-state index >= 15 is 0 Å². The second-order valence-electron chi connectivity index (χ2n) is 7.97. The highest BCUT2D eigenvalue weighted by molar-refractivity contribution is 5.85. The fraction of sp³-hybridized carbons (Fsp3) is 0.400. The van der Waals surface area contributed by atoms with E-state index in [9.17, 15) is 0 Å². The van der Waals surface area contributed by atoms with E-state index in [4.69, 9.17) is 4.42 Å². The van der Waals surface area contributed by atoms with Gasteiger partial charge < -0.3 is 9.73 Å². The Bertz CT molecular complexity index is 931. The molecule has 1 aliphatic rings. The first-order valence-corrected chi connectivity index (χ1v) is 10.6. The molecule has 1 aliphatic carbocycles. The summed E-state index contributed by atoms with van der Waals surface area (Å²) in [6.45, 7) is 5.43. The molecule has 28 heavy (non-hydrogen) atoms. The first-order chi connectivity index (χ1) is 13.7. The number of nitrogens with zero attached hydrogens (tertiary/aromatic N) is 1. The first-order valence-electron chi connectivity index (χ1n) is 10.6. The van der Waals surface area contributed by atoms with Gasteiger partial charge in [0.1, 0.15) is 11.3 Å². The second-order valence-corrected chi connectivity index (χ2v) is 7.97. The SMILES string of the molecule is CCc1cncc(-c2cc3ccccc3o2)c1/C=C(\C)NCC1CCCCC1. The van der Waals surface area contributed by atoms with Gasteiger partial charge in [0, 0.05) is 35.6 Å². The number of hydrogen-bond acceptors (Lipinski definition) is 3. The normalized spacial score (nSPS) is 15.9. The molecule has 1 aromatic carbocycles. The van der Waals surface area contributed by atoms with E-state index in [1.54, 1.807) is 0 Å². The fourth-order valence-electron chi connectivity index (χ4n) is 4.24. The van der Waals surface area contributed by atoms with Crippen LogP contribution >= 0.6 is 0 Å². The summed E-state index contributed by atoms with van der Waals surface area (Å²) in [7, 11) is 0. The van der Waals surface area contributed by atoms with Crippen LogP contribution in [0, 0.1) is 5.92 Å². The molecule has 0 aliphatic heterocycles. The van der Waals surface area contributed by atoms with E-state index in [1.807, 2.05) is 30.6 Å². The van der Waals surface area contributed by atoms with Crippen LogP contribution in [0.2, 0.25) is 0 Å². The van der Waals surface area contributed by atoms with Crippen molar-refractivity contribution in [2.75, 3.05) is 6.54 Å². The summed E-state index contributed by atoms with van der Waals surface area (Å²) in [5, 5.41) is 4.79. The predicted molar refractivity (Wildman–Crippen MR) is 117 cm³/mol. The molecule has 0 bridgehead atoms. The van der Waals surface area contributed by atoms with Gasteiger partial charge in [-0.05, 0) is 61.4 Å². The van der Waals surface area contributed by atoms with Crippen LogP contribution in [0.3, 0.4) is 0 Å². The molecule has 0 amide bonds. The molecular formula is C25H30N2O. The van der Waals surface area contributed by atoms with E-state index in [0.717, 1.165) is 41.2 Å². The maximum atomic E-state index is 6.14. The highest BCUT2D eigenvalue weighted by Gasteiger charge is 2.15.